The molecule has 0 bridgehead atoms. The fourth-order valence-electron chi connectivity index (χ4n) is 2.73. The molecule has 106 valence electrons. The van der Waals surface area contributed by atoms with Crippen LogP contribution in [0, 0.1) is 5.41 Å². The lowest BCUT2D eigenvalue weighted by Crippen LogP contribution is -2.43. The van der Waals surface area contributed by atoms with Gasteiger partial charge in [0.25, 0.3) is 0 Å². The van der Waals surface area contributed by atoms with Gasteiger partial charge >= 0.3 is 0 Å². The molecule has 0 saturated heterocycles. The Bertz CT molecular complexity index is 411. The average molecular weight is 262 g/mol. The first-order valence-electron chi connectivity index (χ1n) is 7.14. The van der Waals surface area contributed by atoms with Crippen molar-refractivity contribution in [2.75, 3.05) is 19.7 Å². The van der Waals surface area contributed by atoms with Gasteiger partial charge in [-0.1, -0.05) is 39.0 Å². The van der Waals surface area contributed by atoms with Gasteiger partial charge in [0.2, 0.25) is 0 Å². The van der Waals surface area contributed by atoms with Gasteiger partial charge in [-0.25, -0.2) is 0 Å². The molecule has 1 aromatic carbocycles. The largest absolute Gasteiger partial charge is 0.492 e. The Kier molecular flexibility index (Phi) is 4.48. The van der Waals surface area contributed by atoms with Gasteiger partial charge in [0.1, 0.15) is 12.4 Å². The number of hydrogen-bond acceptors (Lipinski definition) is 3. The lowest BCUT2D eigenvalue weighted by atomic mass is 9.87. The number of hydrogen-bond donors (Lipinski definition) is 1. The van der Waals surface area contributed by atoms with Crippen LogP contribution in [-0.2, 0) is 6.54 Å². The molecule has 2 N–H and O–H groups in total. The van der Waals surface area contributed by atoms with E-state index in [1.165, 1.54) is 5.56 Å². The number of fused-ring (bicyclic) bond motifs is 1. The van der Waals surface area contributed by atoms with Crippen LogP contribution in [0.2, 0.25) is 0 Å². The van der Waals surface area contributed by atoms with Crippen molar-refractivity contribution in [3.8, 4) is 5.75 Å². The predicted octanol–water partition coefficient (Wildman–Crippen LogP) is 2.64. The highest BCUT2D eigenvalue weighted by molar-refractivity contribution is 5.33. The van der Waals surface area contributed by atoms with Crippen molar-refractivity contribution in [1.82, 2.24) is 4.90 Å². The van der Waals surface area contributed by atoms with E-state index < -0.39 is 0 Å². The highest BCUT2D eigenvalue weighted by Crippen LogP contribution is 2.27. The normalized spacial score (nSPS) is 18.3. The summed E-state index contributed by atoms with van der Waals surface area (Å²) in [6.07, 6.45) is 1.12. The van der Waals surface area contributed by atoms with Crippen LogP contribution in [0.25, 0.3) is 0 Å². The number of para-hydroxylation sites is 1. The SMILES string of the molecule is CC(C)(C)CC(CN)N1CCOc2ccccc2C1. The minimum Gasteiger partial charge on any atom is -0.492 e. The van der Waals surface area contributed by atoms with E-state index in [2.05, 4.69) is 43.9 Å². The summed E-state index contributed by atoms with van der Waals surface area (Å²) in [5.41, 5.74) is 7.57. The molecule has 1 atom stereocenters. The Balaban J connectivity index is 2.12. The van der Waals surface area contributed by atoms with Crippen molar-refractivity contribution in [2.45, 2.75) is 39.8 Å². The van der Waals surface area contributed by atoms with Gasteiger partial charge in [0.05, 0.1) is 0 Å². The van der Waals surface area contributed by atoms with Crippen LogP contribution in [0.3, 0.4) is 0 Å². The molecular weight excluding hydrogens is 236 g/mol. The van der Waals surface area contributed by atoms with Crippen molar-refractivity contribution in [1.29, 1.82) is 0 Å². The first-order valence-corrected chi connectivity index (χ1v) is 7.14. The Morgan fingerprint density at radius 3 is 2.74 bits per heavy atom. The molecular formula is C16H26N2O. The maximum absolute atomic E-state index is 6.00. The summed E-state index contributed by atoms with van der Waals surface area (Å²) in [6.45, 7) is 10.2. The Morgan fingerprint density at radius 1 is 1.32 bits per heavy atom. The van der Waals surface area contributed by atoms with Crippen LogP contribution < -0.4 is 10.5 Å². The van der Waals surface area contributed by atoms with E-state index in [4.69, 9.17) is 10.5 Å². The zero-order chi connectivity index (χ0) is 13.9. The summed E-state index contributed by atoms with van der Waals surface area (Å²) in [5, 5.41) is 0. The summed E-state index contributed by atoms with van der Waals surface area (Å²) in [7, 11) is 0. The van der Waals surface area contributed by atoms with E-state index in [9.17, 15) is 0 Å². The zero-order valence-corrected chi connectivity index (χ0v) is 12.4. The molecule has 0 fully saturated rings. The van der Waals surface area contributed by atoms with Crippen LogP contribution in [0.4, 0.5) is 0 Å². The van der Waals surface area contributed by atoms with E-state index >= 15 is 0 Å². The fraction of sp³-hybridized carbons (Fsp3) is 0.625. The molecule has 0 aliphatic carbocycles. The van der Waals surface area contributed by atoms with Gasteiger partial charge in [0, 0.05) is 31.2 Å². The first-order chi connectivity index (χ1) is 8.99. The minimum absolute atomic E-state index is 0.302. The van der Waals surface area contributed by atoms with Crippen molar-refractivity contribution in [3.63, 3.8) is 0 Å². The first kappa shape index (κ1) is 14.4. The van der Waals surface area contributed by atoms with E-state index in [-0.39, 0.29) is 0 Å². The second kappa shape index (κ2) is 5.93. The summed E-state index contributed by atoms with van der Waals surface area (Å²) in [5.74, 6) is 1.02. The van der Waals surface area contributed by atoms with Crippen LogP contribution in [0.1, 0.15) is 32.8 Å². The van der Waals surface area contributed by atoms with Crippen LogP contribution in [0.5, 0.6) is 5.75 Å². The van der Waals surface area contributed by atoms with Crippen molar-refractivity contribution in [3.05, 3.63) is 29.8 Å². The quantitative estimate of drug-likeness (QED) is 0.910. The van der Waals surface area contributed by atoms with Crippen LogP contribution in [-0.4, -0.2) is 30.6 Å². The zero-order valence-electron chi connectivity index (χ0n) is 12.4. The van der Waals surface area contributed by atoms with Gasteiger partial charge in [-0.15, -0.1) is 0 Å². The molecule has 0 amide bonds. The molecule has 0 saturated carbocycles. The van der Waals surface area contributed by atoms with Gasteiger partial charge < -0.3 is 10.5 Å². The van der Waals surface area contributed by atoms with Gasteiger partial charge in [-0.05, 0) is 17.9 Å². The van der Waals surface area contributed by atoms with Crippen molar-refractivity contribution < 1.29 is 4.74 Å². The lowest BCUT2D eigenvalue weighted by molar-refractivity contribution is 0.134. The van der Waals surface area contributed by atoms with Crippen LogP contribution >= 0.6 is 0 Å². The Hall–Kier alpha value is -1.06. The van der Waals surface area contributed by atoms with Gasteiger partial charge in [-0.2, -0.15) is 0 Å². The maximum Gasteiger partial charge on any atom is 0.123 e. The van der Waals surface area contributed by atoms with E-state index in [1.54, 1.807) is 0 Å². The second-order valence-electron chi connectivity index (χ2n) is 6.58. The van der Waals surface area contributed by atoms with E-state index in [1.807, 2.05) is 6.07 Å². The fourth-order valence-corrected chi connectivity index (χ4v) is 2.73. The Labute approximate surface area is 116 Å². The molecule has 19 heavy (non-hydrogen) atoms. The van der Waals surface area contributed by atoms with Gasteiger partial charge in [0.15, 0.2) is 0 Å². The molecule has 0 spiro atoms. The summed E-state index contributed by atoms with van der Waals surface area (Å²) >= 11 is 0. The second-order valence-corrected chi connectivity index (χ2v) is 6.58. The third-order valence-corrected chi connectivity index (χ3v) is 3.62. The molecule has 3 nitrogen and oxygen atoms in total. The number of rotatable bonds is 3. The van der Waals surface area contributed by atoms with Crippen molar-refractivity contribution in [2.24, 2.45) is 11.1 Å². The molecule has 1 aliphatic heterocycles. The number of nitrogens with two attached hydrogens (primary N) is 1. The topological polar surface area (TPSA) is 38.5 Å². The summed E-state index contributed by atoms with van der Waals surface area (Å²) in [6, 6.07) is 8.74. The lowest BCUT2D eigenvalue weighted by Gasteiger charge is -2.34. The molecule has 1 heterocycles. The molecule has 1 unspecified atom stereocenters. The maximum atomic E-state index is 6.00. The number of ether oxygens (including phenoxy) is 1. The summed E-state index contributed by atoms with van der Waals surface area (Å²) < 4.78 is 5.82. The number of nitrogens with zero attached hydrogens (tertiary/aromatic N) is 1. The molecule has 3 heteroatoms. The number of benzene rings is 1. The molecule has 0 aromatic heterocycles. The standard InChI is InChI=1S/C16H26N2O/c1-16(2,3)10-14(11-17)18-8-9-19-15-7-5-4-6-13(15)12-18/h4-7,14H,8-12,17H2,1-3H3. The molecule has 0 radical (unpaired) electrons. The van der Waals surface area contributed by atoms with Crippen molar-refractivity contribution >= 4 is 0 Å². The van der Waals surface area contributed by atoms with E-state index in [0.717, 1.165) is 31.9 Å². The molecule has 1 aliphatic rings. The monoisotopic (exact) mass is 262 g/mol. The molecule has 1 aromatic rings. The Morgan fingerprint density at radius 2 is 2.05 bits per heavy atom. The highest BCUT2D eigenvalue weighted by atomic mass is 16.5. The van der Waals surface area contributed by atoms with Crippen LogP contribution in [0.15, 0.2) is 24.3 Å². The summed E-state index contributed by atoms with van der Waals surface area (Å²) in [4.78, 5) is 2.47. The predicted molar refractivity (Wildman–Crippen MR) is 79.3 cm³/mol. The molecule has 2 rings (SSSR count). The third kappa shape index (κ3) is 3.95. The average Bonchev–Trinajstić information content (AvgIpc) is 2.56. The smallest absolute Gasteiger partial charge is 0.123 e. The third-order valence-electron chi connectivity index (χ3n) is 3.62. The van der Waals surface area contributed by atoms with Gasteiger partial charge in [-0.3, -0.25) is 4.90 Å². The highest BCUT2D eigenvalue weighted by Gasteiger charge is 2.25. The van der Waals surface area contributed by atoms with E-state index in [0.29, 0.717) is 18.0 Å². The minimum atomic E-state index is 0.302.